The Morgan fingerprint density at radius 3 is 2.18 bits per heavy atom. The Morgan fingerprint density at radius 1 is 0.765 bits per heavy atom. The molecule has 0 fully saturated rings. The summed E-state index contributed by atoms with van der Waals surface area (Å²) in [6, 6.07) is 18.7. The maximum absolute atomic E-state index is 4.08. The van der Waals surface area contributed by atoms with Crippen LogP contribution in [-0.4, -0.2) is 9.97 Å². The van der Waals surface area contributed by atoms with Gasteiger partial charge in [0.1, 0.15) is 0 Å². The first-order chi connectivity index (χ1) is 8.45. The summed E-state index contributed by atoms with van der Waals surface area (Å²) in [5.41, 5.74) is 4.66. The summed E-state index contributed by atoms with van der Waals surface area (Å²) in [6.07, 6.45) is 3.55. The van der Waals surface area contributed by atoms with Crippen LogP contribution in [0.15, 0.2) is 67.1 Å². The molecule has 0 aliphatic rings. The zero-order valence-electron chi connectivity index (χ0n) is 9.30. The summed E-state index contributed by atoms with van der Waals surface area (Å²) in [5.74, 6) is 0. The van der Waals surface area contributed by atoms with Gasteiger partial charge in [-0.1, -0.05) is 54.6 Å². The van der Waals surface area contributed by atoms with E-state index in [1.165, 1.54) is 16.7 Å². The number of hydrogen-bond donors (Lipinski definition) is 1. The van der Waals surface area contributed by atoms with Crippen molar-refractivity contribution in [1.82, 2.24) is 9.97 Å². The minimum atomic E-state index is 1.05. The van der Waals surface area contributed by atoms with Crippen molar-refractivity contribution in [3.63, 3.8) is 0 Å². The number of aromatic nitrogens is 2. The van der Waals surface area contributed by atoms with Gasteiger partial charge in [-0.15, -0.1) is 0 Å². The summed E-state index contributed by atoms with van der Waals surface area (Å²) in [7, 11) is 0. The Hall–Kier alpha value is -2.35. The van der Waals surface area contributed by atoms with E-state index in [9.17, 15) is 0 Å². The molecule has 3 aromatic rings. The lowest BCUT2D eigenvalue weighted by Crippen LogP contribution is -1.84. The molecule has 0 bridgehead atoms. The van der Waals surface area contributed by atoms with Gasteiger partial charge in [-0.25, -0.2) is 4.98 Å². The second kappa shape index (κ2) is 4.26. The van der Waals surface area contributed by atoms with Gasteiger partial charge in [0.05, 0.1) is 18.2 Å². The highest BCUT2D eigenvalue weighted by molar-refractivity contribution is 5.81. The molecule has 0 aliphatic heterocycles. The van der Waals surface area contributed by atoms with Crippen LogP contribution in [0.2, 0.25) is 0 Å². The average Bonchev–Trinajstić information content (AvgIpc) is 2.94. The Labute approximate surface area is 100.0 Å². The number of H-pyrrole nitrogens is 1. The summed E-state index contributed by atoms with van der Waals surface area (Å²) in [6.45, 7) is 0. The van der Waals surface area contributed by atoms with Crippen LogP contribution in [0.3, 0.4) is 0 Å². The van der Waals surface area contributed by atoms with Crippen LogP contribution >= 0.6 is 0 Å². The maximum atomic E-state index is 4.08. The van der Waals surface area contributed by atoms with Gasteiger partial charge in [0.15, 0.2) is 0 Å². The molecule has 0 saturated heterocycles. The van der Waals surface area contributed by atoms with Crippen LogP contribution in [0.1, 0.15) is 0 Å². The SMILES string of the molecule is c1ccc(-c2ccccc2-c2cnc[nH]2)cc1. The maximum Gasteiger partial charge on any atom is 0.0924 e. The van der Waals surface area contributed by atoms with Crippen LogP contribution in [-0.2, 0) is 0 Å². The molecule has 0 unspecified atom stereocenters. The van der Waals surface area contributed by atoms with Gasteiger partial charge in [-0.05, 0) is 11.1 Å². The molecule has 2 nitrogen and oxygen atoms in total. The van der Waals surface area contributed by atoms with Crippen LogP contribution in [0, 0.1) is 0 Å². The molecule has 2 heteroatoms. The Kier molecular flexibility index (Phi) is 2.47. The Morgan fingerprint density at radius 2 is 1.47 bits per heavy atom. The normalized spacial score (nSPS) is 10.4. The van der Waals surface area contributed by atoms with Gasteiger partial charge < -0.3 is 4.98 Å². The third kappa shape index (κ3) is 1.85. The molecule has 0 atom stereocenters. The van der Waals surface area contributed by atoms with Gasteiger partial charge in [-0.2, -0.15) is 0 Å². The highest BCUT2D eigenvalue weighted by atomic mass is 14.9. The summed E-state index contributed by atoms with van der Waals surface area (Å²) < 4.78 is 0. The average molecular weight is 220 g/mol. The van der Waals surface area contributed by atoms with E-state index in [1.54, 1.807) is 6.33 Å². The predicted molar refractivity (Wildman–Crippen MR) is 69.5 cm³/mol. The molecule has 1 aromatic heterocycles. The number of imidazole rings is 1. The third-order valence-corrected chi connectivity index (χ3v) is 2.80. The largest absolute Gasteiger partial charge is 0.345 e. The fraction of sp³-hybridized carbons (Fsp3) is 0. The predicted octanol–water partition coefficient (Wildman–Crippen LogP) is 3.74. The van der Waals surface area contributed by atoms with Gasteiger partial charge in [0.2, 0.25) is 0 Å². The second-order valence-corrected chi connectivity index (χ2v) is 3.88. The van der Waals surface area contributed by atoms with Crippen molar-refractivity contribution in [2.75, 3.05) is 0 Å². The lowest BCUT2D eigenvalue weighted by Gasteiger charge is -2.07. The number of aromatic amines is 1. The third-order valence-electron chi connectivity index (χ3n) is 2.80. The first-order valence-electron chi connectivity index (χ1n) is 5.58. The summed E-state index contributed by atoms with van der Waals surface area (Å²) in [5, 5.41) is 0. The van der Waals surface area contributed by atoms with Crippen molar-refractivity contribution in [3.8, 4) is 22.4 Å². The number of rotatable bonds is 2. The second-order valence-electron chi connectivity index (χ2n) is 3.88. The van der Waals surface area contributed by atoms with Gasteiger partial charge >= 0.3 is 0 Å². The van der Waals surface area contributed by atoms with E-state index < -0.39 is 0 Å². The van der Waals surface area contributed by atoms with E-state index in [4.69, 9.17) is 0 Å². The van der Waals surface area contributed by atoms with Crippen LogP contribution in [0.5, 0.6) is 0 Å². The molecule has 1 heterocycles. The molecule has 0 amide bonds. The molecule has 0 radical (unpaired) electrons. The van der Waals surface area contributed by atoms with Crippen LogP contribution < -0.4 is 0 Å². The van der Waals surface area contributed by atoms with Crippen LogP contribution in [0.4, 0.5) is 0 Å². The van der Waals surface area contributed by atoms with E-state index in [-0.39, 0.29) is 0 Å². The lowest BCUT2D eigenvalue weighted by molar-refractivity contribution is 1.31. The number of hydrogen-bond acceptors (Lipinski definition) is 1. The number of nitrogens with zero attached hydrogens (tertiary/aromatic N) is 1. The molecule has 0 spiro atoms. The van der Waals surface area contributed by atoms with E-state index >= 15 is 0 Å². The van der Waals surface area contributed by atoms with Gasteiger partial charge in [0, 0.05) is 5.56 Å². The van der Waals surface area contributed by atoms with E-state index in [1.807, 2.05) is 18.3 Å². The zero-order valence-corrected chi connectivity index (χ0v) is 9.30. The monoisotopic (exact) mass is 220 g/mol. The highest BCUT2D eigenvalue weighted by Gasteiger charge is 2.06. The molecule has 0 aliphatic carbocycles. The quantitative estimate of drug-likeness (QED) is 0.700. The summed E-state index contributed by atoms with van der Waals surface area (Å²) in [4.78, 5) is 7.23. The number of benzene rings is 2. The first kappa shape index (κ1) is 9.85. The molecular weight excluding hydrogens is 208 g/mol. The first-order valence-corrected chi connectivity index (χ1v) is 5.58. The molecule has 0 saturated carbocycles. The van der Waals surface area contributed by atoms with Gasteiger partial charge in [0.25, 0.3) is 0 Å². The van der Waals surface area contributed by atoms with Crippen molar-refractivity contribution >= 4 is 0 Å². The van der Waals surface area contributed by atoms with Crippen LogP contribution in [0.25, 0.3) is 22.4 Å². The van der Waals surface area contributed by atoms with Crippen molar-refractivity contribution in [2.24, 2.45) is 0 Å². The molecule has 17 heavy (non-hydrogen) atoms. The van der Waals surface area contributed by atoms with Gasteiger partial charge in [-0.3, -0.25) is 0 Å². The van der Waals surface area contributed by atoms with Crippen molar-refractivity contribution in [2.45, 2.75) is 0 Å². The standard InChI is InChI=1S/C15H12N2/c1-2-6-12(7-3-1)13-8-4-5-9-14(13)15-10-16-11-17-15/h1-11H,(H,16,17). The van der Waals surface area contributed by atoms with Crippen molar-refractivity contribution in [1.29, 1.82) is 0 Å². The highest BCUT2D eigenvalue weighted by Crippen LogP contribution is 2.30. The Balaban J connectivity index is 2.18. The molecule has 82 valence electrons. The minimum Gasteiger partial charge on any atom is -0.345 e. The van der Waals surface area contributed by atoms with Crippen molar-refractivity contribution < 1.29 is 0 Å². The Bertz CT molecular complexity index is 598. The fourth-order valence-electron chi connectivity index (χ4n) is 1.99. The fourth-order valence-corrected chi connectivity index (χ4v) is 1.99. The molecule has 3 rings (SSSR count). The van der Waals surface area contributed by atoms with E-state index in [0.717, 1.165) is 5.69 Å². The topological polar surface area (TPSA) is 28.7 Å². The molecule has 2 aromatic carbocycles. The summed E-state index contributed by atoms with van der Waals surface area (Å²) >= 11 is 0. The smallest absolute Gasteiger partial charge is 0.0924 e. The molecular formula is C15H12N2. The minimum absolute atomic E-state index is 1.05. The lowest BCUT2D eigenvalue weighted by atomic mass is 9.98. The number of nitrogens with one attached hydrogen (secondary N) is 1. The van der Waals surface area contributed by atoms with E-state index in [0.29, 0.717) is 0 Å². The molecule has 1 N–H and O–H groups in total. The zero-order chi connectivity index (χ0) is 11.5. The van der Waals surface area contributed by atoms with Crippen molar-refractivity contribution in [3.05, 3.63) is 67.1 Å². The van der Waals surface area contributed by atoms with E-state index in [2.05, 4.69) is 52.4 Å².